The van der Waals surface area contributed by atoms with Crippen LogP contribution in [0.5, 0.6) is 5.75 Å². The molecule has 0 heterocycles. The van der Waals surface area contributed by atoms with Gasteiger partial charge >= 0.3 is 0 Å². The van der Waals surface area contributed by atoms with Gasteiger partial charge in [-0.25, -0.2) is 0 Å². The van der Waals surface area contributed by atoms with Crippen LogP contribution >= 0.6 is 0 Å². The van der Waals surface area contributed by atoms with E-state index >= 15 is 0 Å². The molecule has 0 saturated heterocycles. The lowest BCUT2D eigenvalue weighted by Crippen LogP contribution is -3.09. The normalized spacial score (nSPS) is 11.4. The van der Waals surface area contributed by atoms with Crippen molar-refractivity contribution >= 4 is 17.5 Å². The third-order valence-corrected chi connectivity index (χ3v) is 4.68. The van der Waals surface area contributed by atoms with Gasteiger partial charge in [-0.2, -0.15) is 0 Å². The number of amides is 2. The molecule has 7 nitrogen and oxygen atoms in total. The monoisotopic (exact) mass is 399 g/mol. The summed E-state index contributed by atoms with van der Waals surface area (Å²) in [5.74, 6) is 0.201. The Morgan fingerprint density at radius 1 is 1.03 bits per heavy atom. The number of methoxy groups -OCH3 is 1. The van der Waals surface area contributed by atoms with Gasteiger partial charge in [-0.15, -0.1) is 0 Å². The minimum absolute atomic E-state index is 0.235. The summed E-state index contributed by atoms with van der Waals surface area (Å²) in [7, 11) is 3.55. The van der Waals surface area contributed by atoms with Crippen molar-refractivity contribution in [2.75, 3.05) is 38.7 Å². The quantitative estimate of drug-likeness (QED) is 0.551. The maximum atomic E-state index is 12.3. The van der Waals surface area contributed by atoms with Gasteiger partial charge in [-0.1, -0.05) is 12.1 Å². The Hall–Kier alpha value is -3.06. The highest BCUT2D eigenvalue weighted by molar-refractivity contribution is 5.95. The Labute approximate surface area is 172 Å². The van der Waals surface area contributed by atoms with E-state index in [1.807, 2.05) is 43.4 Å². The molecule has 0 aliphatic rings. The van der Waals surface area contributed by atoms with Gasteiger partial charge in [0.05, 0.1) is 14.2 Å². The number of quaternary nitrogens is 1. The number of anilines is 1. The highest BCUT2D eigenvalue weighted by Gasteiger charge is 2.13. The van der Waals surface area contributed by atoms with Crippen molar-refractivity contribution in [2.24, 2.45) is 0 Å². The highest BCUT2D eigenvalue weighted by Crippen LogP contribution is 2.14. The van der Waals surface area contributed by atoms with Gasteiger partial charge in [0.15, 0.2) is 6.54 Å². The number of carbonyl (C=O) groups is 2. The average Bonchev–Trinajstić information content (AvgIpc) is 2.73. The van der Waals surface area contributed by atoms with Crippen molar-refractivity contribution < 1.29 is 19.2 Å². The van der Waals surface area contributed by atoms with Crippen LogP contribution in [0.15, 0.2) is 48.5 Å². The van der Waals surface area contributed by atoms with Crippen molar-refractivity contribution in [3.63, 3.8) is 0 Å². The Bertz CT molecular complexity index is 804. The second kappa shape index (κ2) is 11.1. The minimum Gasteiger partial charge on any atom is -0.497 e. The van der Waals surface area contributed by atoms with E-state index in [0.717, 1.165) is 35.0 Å². The van der Waals surface area contributed by atoms with Crippen molar-refractivity contribution in [1.29, 1.82) is 0 Å². The molecule has 0 aliphatic heterocycles. The number of rotatable bonds is 9. The van der Waals surface area contributed by atoms with E-state index in [2.05, 4.69) is 29.6 Å². The number of nitrogens with one attached hydrogen (secondary N) is 3. The van der Waals surface area contributed by atoms with Crippen molar-refractivity contribution in [3.05, 3.63) is 59.7 Å². The van der Waals surface area contributed by atoms with Crippen LogP contribution in [-0.4, -0.2) is 45.6 Å². The number of likely N-dealkylation sites (N-methyl/N-ethyl adjacent to an activating group) is 1. The third-order valence-electron chi connectivity index (χ3n) is 4.68. The highest BCUT2D eigenvalue weighted by atomic mass is 16.5. The molecule has 156 valence electrons. The summed E-state index contributed by atoms with van der Waals surface area (Å²) in [6.45, 7) is 6.90. The van der Waals surface area contributed by atoms with Gasteiger partial charge < -0.3 is 14.5 Å². The summed E-state index contributed by atoms with van der Waals surface area (Å²) in [5, 5.41) is 0. The molecule has 2 amide bonds. The van der Waals surface area contributed by atoms with Crippen LogP contribution in [-0.2, 0) is 11.3 Å². The molecule has 0 aliphatic carbocycles. The molecule has 0 aromatic heterocycles. The minimum atomic E-state index is -0.338. The zero-order valence-corrected chi connectivity index (χ0v) is 17.6. The van der Waals surface area contributed by atoms with Crippen LogP contribution in [0, 0.1) is 0 Å². The first-order valence-electron chi connectivity index (χ1n) is 9.85. The molecule has 2 aromatic carbocycles. The van der Waals surface area contributed by atoms with Crippen molar-refractivity contribution in [1.82, 2.24) is 10.9 Å². The maximum absolute atomic E-state index is 12.3. The predicted octanol–water partition coefficient (Wildman–Crippen LogP) is 1.02. The SMILES string of the molecule is CCN(CC)c1ccc(C(=O)NNC(=O)C[NH+](C)Cc2cccc(OC)c2)cc1. The van der Waals surface area contributed by atoms with Crippen LogP contribution in [0.25, 0.3) is 0 Å². The number of benzene rings is 2. The van der Waals surface area contributed by atoms with E-state index in [1.165, 1.54) is 0 Å². The molecular weight excluding hydrogens is 368 g/mol. The van der Waals surface area contributed by atoms with Crippen LogP contribution in [0.3, 0.4) is 0 Å². The lowest BCUT2D eigenvalue weighted by molar-refractivity contribution is -0.885. The summed E-state index contributed by atoms with van der Waals surface area (Å²) < 4.78 is 5.22. The molecule has 29 heavy (non-hydrogen) atoms. The number of carbonyl (C=O) groups excluding carboxylic acids is 2. The average molecular weight is 400 g/mol. The van der Waals surface area contributed by atoms with Crippen LogP contribution in [0.4, 0.5) is 5.69 Å². The summed E-state index contributed by atoms with van der Waals surface area (Å²) in [6.07, 6.45) is 0. The lowest BCUT2D eigenvalue weighted by Gasteiger charge is -2.21. The summed E-state index contributed by atoms with van der Waals surface area (Å²) >= 11 is 0. The van der Waals surface area contributed by atoms with E-state index in [4.69, 9.17) is 4.74 Å². The van der Waals surface area contributed by atoms with Gasteiger partial charge in [0.25, 0.3) is 11.8 Å². The summed E-state index contributed by atoms with van der Waals surface area (Å²) in [4.78, 5) is 27.6. The van der Waals surface area contributed by atoms with Gasteiger partial charge in [-0.3, -0.25) is 20.4 Å². The Balaban J connectivity index is 1.81. The fraction of sp³-hybridized carbons (Fsp3) is 0.364. The molecule has 3 N–H and O–H groups in total. The second-order valence-electron chi connectivity index (χ2n) is 6.88. The number of hydrazine groups is 1. The molecule has 0 saturated carbocycles. The third kappa shape index (κ3) is 6.80. The second-order valence-corrected chi connectivity index (χ2v) is 6.88. The smallest absolute Gasteiger partial charge is 0.293 e. The number of ether oxygens (including phenoxy) is 1. The van der Waals surface area contributed by atoms with Gasteiger partial charge in [0, 0.05) is 29.9 Å². The standard InChI is InChI=1S/C22H30N4O3/c1-5-26(6-2)19-12-10-18(11-13-19)22(28)24-23-21(27)16-25(3)15-17-8-7-9-20(14-17)29-4/h7-14H,5-6,15-16H2,1-4H3,(H,23,27)(H,24,28)/p+1. The predicted molar refractivity (Wildman–Crippen MR) is 114 cm³/mol. The van der Waals surface area contributed by atoms with Gasteiger partial charge in [-0.05, 0) is 50.2 Å². The molecular formula is C22H31N4O3+. The molecule has 0 bridgehead atoms. The number of hydrogen-bond donors (Lipinski definition) is 3. The first-order chi connectivity index (χ1) is 14.0. The Morgan fingerprint density at radius 3 is 2.34 bits per heavy atom. The zero-order chi connectivity index (χ0) is 21.2. The van der Waals surface area contributed by atoms with Crippen molar-refractivity contribution in [3.8, 4) is 5.75 Å². The Morgan fingerprint density at radius 2 is 1.72 bits per heavy atom. The number of nitrogens with zero attached hydrogens (tertiary/aromatic N) is 1. The fourth-order valence-corrected chi connectivity index (χ4v) is 3.12. The van der Waals surface area contributed by atoms with Crippen molar-refractivity contribution in [2.45, 2.75) is 20.4 Å². The van der Waals surface area contributed by atoms with E-state index in [9.17, 15) is 9.59 Å². The molecule has 0 radical (unpaired) electrons. The number of hydrogen-bond acceptors (Lipinski definition) is 4. The first-order valence-corrected chi connectivity index (χ1v) is 9.85. The first kappa shape index (κ1) is 22.2. The maximum Gasteiger partial charge on any atom is 0.293 e. The van der Waals surface area contributed by atoms with Crippen LogP contribution in [0.2, 0.25) is 0 Å². The van der Waals surface area contributed by atoms with Crippen LogP contribution < -0.4 is 25.4 Å². The molecule has 7 heteroatoms. The molecule has 1 atom stereocenters. The topological polar surface area (TPSA) is 75.1 Å². The van der Waals surface area contributed by atoms with Crippen LogP contribution in [0.1, 0.15) is 29.8 Å². The Kier molecular flexibility index (Phi) is 8.48. The van der Waals surface area contributed by atoms with E-state index in [-0.39, 0.29) is 18.4 Å². The summed E-state index contributed by atoms with van der Waals surface area (Å²) in [6, 6.07) is 15.1. The van der Waals surface area contributed by atoms with Gasteiger partial charge in [0.2, 0.25) is 0 Å². The lowest BCUT2D eigenvalue weighted by atomic mass is 10.2. The largest absolute Gasteiger partial charge is 0.497 e. The fourth-order valence-electron chi connectivity index (χ4n) is 3.12. The summed E-state index contributed by atoms with van der Waals surface area (Å²) in [5.41, 5.74) is 7.61. The van der Waals surface area contributed by atoms with Gasteiger partial charge in [0.1, 0.15) is 12.3 Å². The van der Waals surface area contributed by atoms with E-state index in [0.29, 0.717) is 12.1 Å². The molecule has 1 unspecified atom stereocenters. The molecule has 0 spiro atoms. The molecule has 0 fully saturated rings. The zero-order valence-electron chi connectivity index (χ0n) is 17.6. The molecule has 2 aromatic rings. The van der Waals surface area contributed by atoms with E-state index in [1.54, 1.807) is 19.2 Å². The molecule has 2 rings (SSSR count). The van der Waals surface area contributed by atoms with E-state index < -0.39 is 0 Å².